The van der Waals surface area contributed by atoms with Gasteiger partial charge >= 0.3 is 0 Å². The van der Waals surface area contributed by atoms with E-state index in [9.17, 15) is 4.79 Å². The van der Waals surface area contributed by atoms with Crippen LogP contribution in [-0.2, 0) is 11.3 Å². The van der Waals surface area contributed by atoms with Gasteiger partial charge in [-0.3, -0.25) is 4.79 Å². The summed E-state index contributed by atoms with van der Waals surface area (Å²) in [6.45, 7) is 6.15. The fourth-order valence-electron chi connectivity index (χ4n) is 2.03. The number of nitrogens with one attached hydrogen (secondary N) is 1. The van der Waals surface area contributed by atoms with Crippen LogP contribution in [0.4, 0.5) is 0 Å². The van der Waals surface area contributed by atoms with Gasteiger partial charge in [0.25, 0.3) is 0 Å². The lowest BCUT2D eigenvalue weighted by molar-refractivity contribution is -0.131. The number of carbonyl (C=O) groups excluding carboxylic acids is 1. The maximum Gasteiger partial charge on any atom is 0.237 e. The maximum atomic E-state index is 12.1. The first-order valence-corrected chi connectivity index (χ1v) is 6.76. The van der Waals surface area contributed by atoms with Gasteiger partial charge in [0.2, 0.25) is 5.91 Å². The van der Waals surface area contributed by atoms with Gasteiger partial charge in [-0.15, -0.1) is 0 Å². The Kier molecular flexibility index (Phi) is 4.37. The molecule has 3 heteroatoms. The Bertz CT molecular complexity index is 395. The van der Waals surface area contributed by atoms with Gasteiger partial charge in [0.1, 0.15) is 0 Å². The molecule has 98 valence electrons. The Morgan fingerprint density at radius 2 is 2.00 bits per heavy atom. The van der Waals surface area contributed by atoms with Gasteiger partial charge < -0.3 is 10.2 Å². The standard InChI is InChI=1S/C15H22N2O/c1-3-16-10-15(18)17(14-8-9-14)11-13-6-4-12(2)5-7-13/h4-7,14,16H,3,8-11H2,1-2H3. The zero-order valence-electron chi connectivity index (χ0n) is 11.3. The molecule has 0 spiro atoms. The number of benzene rings is 1. The van der Waals surface area contributed by atoms with Crippen LogP contribution in [0.1, 0.15) is 30.9 Å². The van der Waals surface area contributed by atoms with Gasteiger partial charge in [0.05, 0.1) is 6.54 Å². The lowest BCUT2D eigenvalue weighted by Gasteiger charge is -2.22. The monoisotopic (exact) mass is 246 g/mol. The van der Waals surface area contributed by atoms with Gasteiger partial charge in [-0.05, 0) is 31.9 Å². The summed E-state index contributed by atoms with van der Waals surface area (Å²) in [7, 11) is 0. The highest BCUT2D eigenvalue weighted by Gasteiger charge is 2.31. The Labute approximate surface area is 109 Å². The molecule has 0 heterocycles. The maximum absolute atomic E-state index is 12.1. The first-order valence-electron chi connectivity index (χ1n) is 6.76. The molecule has 3 nitrogen and oxygen atoms in total. The summed E-state index contributed by atoms with van der Waals surface area (Å²) in [5.74, 6) is 0.222. The number of likely N-dealkylation sites (N-methyl/N-ethyl adjacent to an activating group) is 1. The summed E-state index contributed by atoms with van der Waals surface area (Å²) in [6, 6.07) is 8.92. The van der Waals surface area contributed by atoms with E-state index >= 15 is 0 Å². The highest BCUT2D eigenvalue weighted by Crippen LogP contribution is 2.28. The smallest absolute Gasteiger partial charge is 0.237 e. The summed E-state index contributed by atoms with van der Waals surface area (Å²) in [5.41, 5.74) is 2.48. The largest absolute Gasteiger partial charge is 0.334 e. The van der Waals surface area contributed by atoms with Crippen LogP contribution >= 0.6 is 0 Å². The zero-order valence-corrected chi connectivity index (χ0v) is 11.3. The highest BCUT2D eigenvalue weighted by molar-refractivity contribution is 5.79. The van der Waals surface area contributed by atoms with E-state index < -0.39 is 0 Å². The quantitative estimate of drug-likeness (QED) is 0.833. The third kappa shape index (κ3) is 3.57. The predicted octanol–water partition coefficient (Wildman–Crippen LogP) is 2.10. The number of hydrogen-bond donors (Lipinski definition) is 1. The molecule has 0 aromatic heterocycles. The van der Waals surface area contributed by atoms with Crippen LogP contribution in [0.3, 0.4) is 0 Å². The van der Waals surface area contributed by atoms with Crippen molar-refractivity contribution in [3.63, 3.8) is 0 Å². The molecule has 0 bridgehead atoms. The van der Waals surface area contributed by atoms with E-state index in [0.29, 0.717) is 12.6 Å². The zero-order chi connectivity index (χ0) is 13.0. The third-order valence-electron chi connectivity index (χ3n) is 3.31. The number of aryl methyl sites for hydroxylation is 1. The van der Waals surface area contributed by atoms with Gasteiger partial charge in [-0.1, -0.05) is 36.8 Å². The second-order valence-electron chi connectivity index (χ2n) is 5.02. The molecule has 0 unspecified atom stereocenters. The topological polar surface area (TPSA) is 32.3 Å². The average molecular weight is 246 g/mol. The highest BCUT2D eigenvalue weighted by atomic mass is 16.2. The molecule has 1 saturated carbocycles. The second-order valence-corrected chi connectivity index (χ2v) is 5.02. The first-order chi connectivity index (χ1) is 8.70. The lowest BCUT2D eigenvalue weighted by Crippen LogP contribution is -2.39. The molecule has 1 aromatic carbocycles. The molecule has 0 radical (unpaired) electrons. The predicted molar refractivity (Wildman–Crippen MR) is 73.3 cm³/mol. The molecule has 2 rings (SSSR count). The minimum atomic E-state index is 0.222. The number of rotatable bonds is 6. The van der Waals surface area contributed by atoms with Crippen LogP contribution in [0.15, 0.2) is 24.3 Å². The molecule has 1 aliphatic rings. The van der Waals surface area contributed by atoms with Crippen molar-refractivity contribution in [1.29, 1.82) is 0 Å². The first kappa shape index (κ1) is 13.1. The lowest BCUT2D eigenvalue weighted by atomic mass is 10.1. The van der Waals surface area contributed by atoms with Crippen LogP contribution in [0, 0.1) is 6.92 Å². The Balaban J connectivity index is 1.97. The Hall–Kier alpha value is -1.35. The van der Waals surface area contributed by atoms with Crippen molar-refractivity contribution in [3.8, 4) is 0 Å². The van der Waals surface area contributed by atoms with E-state index in [4.69, 9.17) is 0 Å². The van der Waals surface area contributed by atoms with Gasteiger partial charge in [0, 0.05) is 12.6 Å². The molecule has 1 aromatic rings. The van der Waals surface area contributed by atoms with E-state index in [1.165, 1.54) is 11.1 Å². The molecule has 1 fully saturated rings. The van der Waals surface area contributed by atoms with Crippen LogP contribution in [0.5, 0.6) is 0 Å². The average Bonchev–Trinajstić information content (AvgIpc) is 3.19. The number of amides is 1. The molecule has 0 saturated heterocycles. The van der Waals surface area contributed by atoms with Gasteiger partial charge in [-0.2, -0.15) is 0 Å². The van der Waals surface area contributed by atoms with Crippen molar-refractivity contribution in [3.05, 3.63) is 35.4 Å². The van der Waals surface area contributed by atoms with Gasteiger partial charge in [-0.25, -0.2) is 0 Å². The molecule has 18 heavy (non-hydrogen) atoms. The second kappa shape index (κ2) is 6.01. The SMILES string of the molecule is CCNCC(=O)N(Cc1ccc(C)cc1)C1CC1. The van der Waals surface area contributed by atoms with E-state index in [1.54, 1.807) is 0 Å². The molecule has 0 aliphatic heterocycles. The Morgan fingerprint density at radius 3 is 2.56 bits per heavy atom. The van der Waals surface area contributed by atoms with Crippen molar-refractivity contribution in [1.82, 2.24) is 10.2 Å². The van der Waals surface area contributed by atoms with Crippen LogP contribution < -0.4 is 5.32 Å². The fraction of sp³-hybridized carbons (Fsp3) is 0.533. The van der Waals surface area contributed by atoms with Crippen LogP contribution in [0.2, 0.25) is 0 Å². The summed E-state index contributed by atoms with van der Waals surface area (Å²) in [6.07, 6.45) is 2.31. The van der Waals surface area contributed by atoms with E-state index in [1.807, 2.05) is 11.8 Å². The fourth-order valence-corrected chi connectivity index (χ4v) is 2.03. The van der Waals surface area contributed by atoms with Crippen LogP contribution in [0.25, 0.3) is 0 Å². The van der Waals surface area contributed by atoms with Crippen molar-refractivity contribution in [2.45, 2.75) is 39.3 Å². The van der Waals surface area contributed by atoms with E-state index in [2.05, 4.69) is 36.5 Å². The third-order valence-corrected chi connectivity index (χ3v) is 3.31. The molecule has 0 atom stereocenters. The number of nitrogens with zero attached hydrogens (tertiary/aromatic N) is 1. The van der Waals surface area contributed by atoms with Crippen LogP contribution in [-0.4, -0.2) is 29.9 Å². The van der Waals surface area contributed by atoms with Crippen molar-refractivity contribution in [2.75, 3.05) is 13.1 Å². The summed E-state index contributed by atoms with van der Waals surface area (Å²) < 4.78 is 0. The molecular formula is C15H22N2O. The molecule has 1 aliphatic carbocycles. The minimum Gasteiger partial charge on any atom is -0.334 e. The summed E-state index contributed by atoms with van der Waals surface area (Å²) >= 11 is 0. The Morgan fingerprint density at radius 1 is 1.33 bits per heavy atom. The molecular weight excluding hydrogens is 224 g/mol. The van der Waals surface area contributed by atoms with E-state index in [0.717, 1.165) is 25.9 Å². The minimum absolute atomic E-state index is 0.222. The van der Waals surface area contributed by atoms with Gasteiger partial charge in [0.15, 0.2) is 0 Å². The summed E-state index contributed by atoms with van der Waals surface area (Å²) in [4.78, 5) is 14.1. The normalized spacial score (nSPS) is 14.6. The molecule has 1 N–H and O–H groups in total. The van der Waals surface area contributed by atoms with Crippen molar-refractivity contribution >= 4 is 5.91 Å². The van der Waals surface area contributed by atoms with Crippen molar-refractivity contribution in [2.24, 2.45) is 0 Å². The number of carbonyl (C=O) groups is 1. The molecule has 1 amide bonds. The van der Waals surface area contributed by atoms with Crippen molar-refractivity contribution < 1.29 is 4.79 Å². The number of hydrogen-bond acceptors (Lipinski definition) is 2. The summed E-state index contributed by atoms with van der Waals surface area (Å²) in [5, 5.41) is 3.11. The van der Waals surface area contributed by atoms with E-state index in [-0.39, 0.29) is 5.91 Å².